The summed E-state index contributed by atoms with van der Waals surface area (Å²) >= 11 is 0. The van der Waals surface area contributed by atoms with Gasteiger partial charge in [0, 0.05) is 5.56 Å². The first-order valence-corrected chi connectivity index (χ1v) is 6.43. The smallest absolute Gasteiger partial charge is 0.314 e. The lowest BCUT2D eigenvalue weighted by molar-refractivity contribution is -0.147. The van der Waals surface area contributed by atoms with Gasteiger partial charge in [0.25, 0.3) is 0 Å². The molecular weight excluding hydrogens is 228 g/mol. The fraction of sp³-hybridized carbons (Fsp3) is 0.533. The van der Waals surface area contributed by atoms with Crippen LogP contribution >= 0.6 is 0 Å². The summed E-state index contributed by atoms with van der Waals surface area (Å²) in [5.74, 6) is 0.391. The standard InChI is InChI=1S/C15H20O3/c1-10(2)11-5-6-12(13(9-11)18-3)15(14(16)17)7-4-8-15/h5-6,9-10H,4,7-8H2,1-3H3,(H,16,17). The first-order valence-electron chi connectivity index (χ1n) is 6.43. The summed E-state index contributed by atoms with van der Waals surface area (Å²) in [5.41, 5.74) is 1.28. The molecule has 3 heteroatoms. The van der Waals surface area contributed by atoms with Crippen LogP contribution < -0.4 is 4.74 Å². The van der Waals surface area contributed by atoms with E-state index in [0.29, 0.717) is 24.5 Å². The lowest BCUT2D eigenvalue weighted by atomic mass is 9.64. The molecule has 0 heterocycles. The number of aliphatic carboxylic acids is 1. The van der Waals surface area contributed by atoms with Crippen LogP contribution in [0.4, 0.5) is 0 Å². The number of rotatable bonds is 4. The molecule has 3 nitrogen and oxygen atoms in total. The van der Waals surface area contributed by atoms with Crippen LogP contribution in [0.15, 0.2) is 18.2 Å². The molecule has 0 unspecified atom stereocenters. The zero-order valence-corrected chi connectivity index (χ0v) is 11.2. The van der Waals surface area contributed by atoms with Crippen molar-refractivity contribution in [2.45, 2.75) is 44.4 Å². The van der Waals surface area contributed by atoms with Crippen LogP contribution in [0.25, 0.3) is 0 Å². The fourth-order valence-electron chi connectivity index (χ4n) is 2.59. The lowest BCUT2D eigenvalue weighted by Crippen LogP contribution is -2.42. The van der Waals surface area contributed by atoms with E-state index >= 15 is 0 Å². The molecule has 1 fully saturated rings. The van der Waals surface area contributed by atoms with Gasteiger partial charge in [-0.05, 0) is 30.4 Å². The Kier molecular flexibility index (Phi) is 3.33. The maximum Gasteiger partial charge on any atom is 0.314 e. The highest BCUT2D eigenvalue weighted by Gasteiger charge is 2.47. The number of carbonyl (C=O) groups is 1. The van der Waals surface area contributed by atoms with Crippen molar-refractivity contribution in [1.29, 1.82) is 0 Å². The Hall–Kier alpha value is -1.51. The van der Waals surface area contributed by atoms with Gasteiger partial charge in [-0.2, -0.15) is 0 Å². The second-order valence-corrected chi connectivity index (χ2v) is 5.36. The molecule has 0 aromatic heterocycles. The summed E-state index contributed by atoms with van der Waals surface area (Å²) < 4.78 is 5.40. The zero-order chi connectivity index (χ0) is 13.3. The molecule has 0 saturated heterocycles. The molecule has 0 atom stereocenters. The summed E-state index contributed by atoms with van der Waals surface area (Å²) in [5, 5.41) is 9.48. The number of ether oxygens (including phenoxy) is 1. The second-order valence-electron chi connectivity index (χ2n) is 5.36. The lowest BCUT2D eigenvalue weighted by Gasteiger charge is -2.39. The van der Waals surface area contributed by atoms with Crippen LogP contribution in [0.2, 0.25) is 0 Å². The van der Waals surface area contributed by atoms with Gasteiger partial charge in [0.2, 0.25) is 0 Å². The van der Waals surface area contributed by atoms with Crippen LogP contribution in [-0.4, -0.2) is 18.2 Å². The van der Waals surface area contributed by atoms with Crippen molar-refractivity contribution in [3.05, 3.63) is 29.3 Å². The average Bonchev–Trinajstić information content (AvgIpc) is 2.27. The van der Waals surface area contributed by atoms with Gasteiger partial charge in [-0.1, -0.05) is 32.4 Å². The largest absolute Gasteiger partial charge is 0.496 e. The second kappa shape index (κ2) is 4.63. The van der Waals surface area contributed by atoms with Gasteiger partial charge in [-0.15, -0.1) is 0 Å². The van der Waals surface area contributed by atoms with Gasteiger partial charge >= 0.3 is 5.97 Å². The highest BCUT2D eigenvalue weighted by atomic mass is 16.5. The van der Waals surface area contributed by atoms with E-state index < -0.39 is 11.4 Å². The molecule has 1 aromatic carbocycles. The molecule has 1 saturated carbocycles. The fourth-order valence-corrected chi connectivity index (χ4v) is 2.59. The molecule has 0 aliphatic heterocycles. The highest BCUT2D eigenvalue weighted by molar-refractivity contribution is 5.83. The number of carboxylic acids is 1. The van der Waals surface area contributed by atoms with Gasteiger partial charge in [0.05, 0.1) is 12.5 Å². The minimum atomic E-state index is -0.732. The van der Waals surface area contributed by atoms with E-state index in [1.165, 1.54) is 5.56 Å². The molecule has 18 heavy (non-hydrogen) atoms. The van der Waals surface area contributed by atoms with E-state index in [-0.39, 0.29) is 0 Å². The predicted octanol–water partition coefficient (Wildman–Crippen LogP) is 3.32. The van der Waals surface area contributed by atoms with E-state index in [0.717, 1.165) is 12.0 Å². The monoisotopic (exact) mass is 248 g/mol. The summed E-state index contributed by atoms with van der Waals surface area (Å²) in [6, 6.07) is 5.93. The summed E-state index contributed by atoms with van der Waals surface area (Å²) in [4.78, 5) is 11.5. The molecule has 0 radical (unpaired) electrons. The van der Waals surface area contributed by atoms with Crippen molar-refractivity contribution in [3.8, 4) is 5.75 Å². The van der Waals surface area contributed by atoms with Crippen molar-refractivity contribution in [2.75, 3.05) is 7.11 Å². The number of methoxy groups -OCH3 is 1. The molecule has 1 aliphatic rings. The minimum absolute atomic E-state index is 0.412. The number of hydrogen-bond donors (Lipinski definition) is 1. The zero-order valence-electron chi connectivity index (χ0n) is 11.2. The van der Waals surface area contributed by atoms with E-state index in [1.807, 2.05) is 18.2 Å². The Balaban J connectivity index is 2.47. The van der Waals surface area contributed by atoms with Gasteiger partial charge in [-0.25, -0.2) is 0 Å². The van der Waals surface area contributed by atoms with E-state index in [9.17, 15) is 9.90 Å². The third-order valence-corrected chi connectivity index (χ3v) is 4.02. The van der Waals surface area contributed by atoms with Crippen LogP contribution in [0, 0.1) is 0 Å². The maximum atomic E-state index is 11.5. The Labute approximate surface area is 108 Å². The van der Waals surface area contributed by atoms with Crippen molar-refractivity contribution >= 4 is 5.97 Å². The Morgan fingerprint density at radius 2 is 2.06 bits per heavy atom. The molecule has 0 amide bonds. The average molecular weight is 248 g/mol. The normalized spacial score (nSPS) is 17.3. The SMILES string of the molecule is COc1cc(C(C)C)ccc1C1(C(=O)O)CCC1. The molecule has 98 valence electrons. The molecule has 1 aromatic rings. The molecule has 0 spiro atoms. The Bertz CT molecular complexity index is 459. The molecule has 0 bridgehead atoms. The van der Waals surface area contributed by atoms with Crippen LogP contribution in [0.3, 0.4) is 0 Å². The first-order chi connectivity index (χ1) is 8.51. The van der Waals surface area contributed by atoms with Gasteiger partial charge in [0.15, 0.2) is 0 Å². The predicted molar refractivity (Wildman–Crippen MR) is 70.2 cm³/mol. The van der Waals surface area contributed by atoms with Crippen molar-refractivity contribution in [2.24, 2.45) is 0 Å². The Morgan fingerprint density at radius 3 is 2.44 bits per heavy atom. The molecule has 2 rings (SSSR count). The van der Waals surface area contributed by atoms with Crippen LogP contribution in [0.5, 0.6) is 5.75 Å². The van der Waals surface area contributed by atoms with E-state index in [2.05, 4.69) is 13.8 Å². The quantitative estimate of drug-likeness (QED) is 0.889. The summed E-state index contributed by atoms with van der Waals surface area (Å²) in [6.45, 7) is 4.23. The topological polar surface area (TPSA) is 46.5 Å². The summed E-state index contributed by atoms with van der Waals surface area (Å²) in [7, 11) is 1.61. The molecule has 1 aliphatic carbocycles. The maximum absolute atomic E-state index is 11.5. The van der Waals surface area contributed by atoms with Gasteiger partial charge < -0.3 is 9.84 Å². The molecule has 1 N–H and O–H groups in total. The van der Waals surface area contributed by atoms with Crippen molar-refractivity contribution < 1.29 is 14.6 Å². The third-order valence-electron chi connectivity index (χ3n) is 4.02. The van der Waals surface area contributed by atoms with E-state index in [4.69, 9.17) is 4.74 Å². The van der Waals surface area contributed by atoms with Crippen molar-refractivity contribution in [3.63, 3.8) is 0 Å². The van der Waals surface area contributed by atoms with E-state index in [1.54, 1.807) is 7.11 Å². The minimum Gasteiger partial charge on any atom is -0.496 e. The highest BCUT2D eigenvalue weighted by Crippen LogP contribution is 2.47. The summed E-state index contributed by atoms with van der Waals surface area (Å²) in [6.07, 6.45) is 2.39. The number of benzene rings is 1. The third kappa shape index (κ3) is 1.88. The van der Waals surface area contributed by atoms with Gasteiger partial charge in [-0.3, -0.25) is 4.79 Å². The Morgan fingerprint density at radius 1 is 1.39 bits per heavy atom. The first kappa shape index (κ1) is 12.9. The number of hydrogen-bond acceptors (Lipinski definition) is 2. The van der Waals surface area contributed by atoms with Gasteiger partial charge in [0.1, 0.15) is 5.75 Å². The molecular formula is C15H20O3. The van der Waals surface area contributed by atoms with Crippen LogP contribution in [-0.2, 0) is 10.2 Å². The van der Waals surface area contributed by atoms with Crippen molar-refractivity contribution in [1.82, 2.24) is 0 Å². The van der Waals surface area contributed by atoms with Crippen LogP contribution in [0.1, 0.15) is 50.2 Å². The number of carboxylic acid groups (broad SMARTS) is 1.